The average Bonchev–Trinajstić information content (AvgIpc) is 2.97. The second-order valence-electron chi connectivity index (χ2n) is 10.0. The number of dihydropyridines is 1. The Hall–Kier alpha value is -4.37. The summed E-state index contributed by atoms with van der Waals surface area (Å²) in [6.45, 7) is 4.41. The zero-order chi connectivity index (χ0) is 29.1. The summed E-state index contributed by atoms with van der Waals surface area (Å²) in [4.78, 5) is 41.1. The van der Waals surface area contributed by atoms with Crippen LogP contribution >= 0.6 is 0 Å². The SMILES string of the molecule is CCOc1ccc([C@H]2CC(=O)C3=C(C2)NC(C)=C(C(=O)OCCOC)[C@H]3c2coc3ccccc3c2=O)cc1OC. The molecule has 2 aromatic carbocycles. The number of carbonyl (C=O) groups is 2. The first-order valence-electron chi connectivity index (χ1n) is 13.6. The second-order valence-corrected chi connectivity index (χ2v) is 10.0. The lowest BCUT2D eigenvalue weighted by atomic mass is 9.72. The number of para-hydroxylation sites is 1. The smallest absolute Gasteiger partial charge is 0.336 e. The van der Waals surface area contributed by atoms with E-state index in [1.807, 2.05) is 25.1 Å². The van der Waals surface area contributed by atoms with E-state index in [0.717, 1.165) is 5.56 Å². The number of benzene rings is 2. The van der Waals surface area contributed by atoms with Crippen LogP contribution in [0.2, 0.25) is 0 Å². The number of methoxy groups -OCH3 is 2. The van der Waals surface area contributed by atoms with Gasteiger partial charge in [-0.1, -0.05) is 18.2 Å². The van der Waals surface area contributed by atoms with Crippen LogP contribution in [0.4, 0.5) is 0 Å². The van der Waals surface area contributed by atoms with Crippen LogP contribution in [0, 0.1) is 0 Å². The number of ether oxygens (including phenoxy) is 4. The molecule has 0 saturated heterocycles. The Morgan fingerprint density at radius 1 is 1.05 bits per heavy atom. The molecule has 9 heteroatoms. The molecule has 214 valence electrons. The number of esters is 1. The summed E-state index contributed by atoms with van der Waals surface area (Å²) in [5, 5.41) is 3.68. The Morgan fingerprint density at radius 2 is 1.85 bits per heavy atom. The fourth-order valence-electron chi connectivity index (χ4n) is 5.66. The van der Waals surface area contributed by atoms with Crippen molar-refractivity contribution in [3.05, 3.63) is 92.6 Å². The molecular weight excluding hydrogens is 526 g/mol. The highest BCUT2D eigenvalue weighted by molar-refractivity contribution is 6.04. The molecule has 3 aromatic rings. The number of allylic oxidation sites excluding steroid dienone is 3. The minimum atomic E-state index is -0.939. The monoisotopic (exact) mass is 559 g/mol. The summed E-state index contributed by atoms with van der Waals surface area (Å²) in [5.74, 6) is -0.640. The highest BCUT2D eigenvalue weighted by Crippen LogP contribution is 2.46. The lowest BCUT2D eigenvalue weighted by Crippen LogP contribution is -2.37. The van der Waals surface area contributed by atoms with Gasteiger partial charge in [0, 0.05) is 36.1 Å². The first kappa shape index (κ1) is 28.2. The molecule has 2 heterocycles. The molecule has 2 aliphatic rings. The molecule has 41 heavy (non-hydrogen) atoms. The summed E-state index contributed by atoms with van der Waals surface area (Å²) in [6, 6.07) is 12.6. The molecule has 1 N–H and O–H groups in total. The van der Waals surface area contributed by atoms with Gasteiger partial charge in [-0.2, -0.15) is 0 Å². The number of rotatable bonds is 9. The topological polar surface area (TPSA) is 113 Å². The van der Waals surface area contributed by atoms with E-state index in [-0.39, 0.29) is 47.9 Å². The molecule has 1 aliphatic carbocycles. The van der Waals surface area contributed by atoms with E-state index in [1.54, 1.807) is 38.3 Å². The van der Waals surface area contributed by atoms with Crippen molar-refractivity contribution in [1.82, 2.24) is 5.32 Å². The average molecular weight is 560 g/mol. The van der Waals surface area contributed by atoms with Crippen LogP contribution in [-0.4, -0.2) is 45.8 Å². The maximum Gasteiger partial charge on any atom is 0.336 e. The third kappa shape index (κ3) is 5.37. The Balaban J connectivity index is 1.59. The molecule has 2 atom stereocenters. The standard InChI is InChI=1S/C32H33NO8/c1-5-39-26-11-10-19(16-27(26)38-4)20-14-23-30(24(34)15-20)29(28(18(2)33-23)32(36)40-13-12-37-3)22-17-41-25-9-7-6-8-21(25)31(22)35/h6-11,16-17,20,29,33H,5,12-15H2,1-4H3/t20-,29-/m1/s1. The van der Waals surface area contributed by atoms with Gasteiger partial charge in [0.2, 0.25) is 0 Å². The van der Waals surface area contributed by atoms with E-state index in [0.29, 0.717) is 52.5 Å². The lowest BCUT2D eigenvalue weighted by molar-refractivity contribution is -0.140. The molecule has 9 nitrogen and oxygen atoms in total. The molecule has 1 aliphatic heterocycles. The summed E-state index contributed by atoms with van der Waals surface area (Å²) in [6.07, 6.45) is 2.05. The molecule has 0 amide bonds. The van der Waals surface area contributed by atoms with E-state index in [2.05, 4.69) is 5.32 Å². The maximum atomic E-state index is 13.9. The number of carbonyl (C=O) groups excluding carboxylic acids is 2. The van der Waals surface area contributed by atoms with E-state index in [9.17, 15) is 14.4 Å². The molecule has 0 fully saturated rings. The number of hydrogen-bond acceptors (Lipinski definition) is 9. The zero-order valence-electron chi connectivity index (χ0n) is 23.6. The van der Waals surface area contributed by atoms with Gasteiger partial charge in [0.15, 0.2) is 22.7 Å². The van der Waals surface area contributed by atoms with Crippen LogP contribution in [0.3, 0.4) is 0 Å². The molecule has 0 bridgehead atoms. The minimum Gasteiger partial charge on any atom is -0.493 e. The third-order valence-electron chi connectivity index (χ3n) is 7.54. The van der Waals surface area contributed by atoms with E-state index in [1.165, 1.54) is 13.4 Å². The Labute approximate surface area is 237 Å². The van der Waals surface area contributed by atoms with E-state index in [4.69, 9.17) is 23.4 Å². The van der Waals surface area contributed by atoms with Crippen LogP contribution in [0.5, 0.6) is 11.5 Å². The molecule has 0 spiro atoms. The molecule has 0 radical (unpaired) electrons. The third-order valence-corrected chi connectivity index (χ3v) is 7.54. The molecule has 0 unspecified atom stereocenters. The first-order chi connectivity index (χ1) is 19.9. The van der Waals surface area contributed by atoms with E-state index < -0.39 is 11.9 Å². The van der Waals surface area contributed by atoms with Gasteiger partial charge in [0.25, 0.3) is 0 Å². The van der Waals surface area contributed by atoms with Crippen LogP contribution in [-0.2, 0) is 19.1 Å². The number of ketones is 1. The van der Waals surface area contributed by atoms with Crippen LogP contribution < -0.4 is 20.2 Å². The van der Waals surface area contributed by atoms with Crippen molar-refractivity contribution in [2.45, 2.75) is 38.5 Å². The number of Topliss-reactive ketones (excluding diaryl/α,β-unsaturated/α-hetero) is 1. The Bertz CT molecular complexity index is 1620. The van der Waals surface area contributed by atoms with Gasteiger partial charge < -0.3 is 28.7 Å². The predicted molar refractivity (Wildman–Crippen MR) is 152 cm³/mol. The molecule has 1 aromatic heterocycles. The number of fused-ring (bicyclic) bond motifs is 1. The fraction of sp³-hybridized carbons (Fsp3) is 0.344. The molecule has 0 saturated carbocycles. The van der Waals surface area contributed by atoms with Crippen LogP contribution in [0.1, 0.15) is 49.7 Å². The fourth-order valence-corrected chi connectivity index (χ4v) is 5.66. The highest BCUT2D eigenvalue weighted by atomic mass is 16.6. The maximum absolute atomic E-state index is 13.9. The van der Waals surface area contributed by atoms with Gasteiger partial charge in [-0.25, -0.2) is 4.79 Å². The Morgan fingerprint density at radius 3 is 2.61 bits per heavy atom. The largest absolute Gasteiger partial charge is 0.493 e. The van der Waals surface area contributed by atoms with Crippen molar-refractivity contribution in [2.75, 3.05) is 34.0 Å². The van der Waals surface area contributed by atoms with Crippen molar-refractivity contribution in [3.63, 3.8) is 0 Å². The van der Waals surface area contributed by atoms with Gasteiger partial charge in [-0.3, -0.25) is 9.59 Å². The number of hydrogen-bond donors (Lipinski definition) is 1. The van der Waals surface area contributed by atoms with Crippen molar-refractivity contribution in [2.24, 2.45) is 0 Å². The van der Waals surface area contributed by atoms with Crippen molar-refractivity contribution < 1.29 is 33.0 Å². The highest BCUT2D eigenvalue weighted by Gasteiger charge is 2.43. The van der Waals surface area contributed by atoms with Crippen LogP contribution in [0.25, 0.3) is 11.0 Å². The summed E-state index contributed by atoms with van der Waals surface area (Å²) in [5.41, 5.74) is 3.04. The minimum absolute atomic E-state index is 0.0344. The quantitative estimate of drug-likeness (QED) is 0.293. The van der Waals surface area contributed by atoms with Gasteiger partial charge in [0.1, 0.15) is 12.2 Å². The second kappa shape index (κ2) is 12.0. The van der Waals surface area contributed by atoms with Crippen molar-refractivity contribution in [3.8, 4) is 11.5 Å². The van der Waals surface area contributed by atoms with Gasteiger partial charge >= 0.3 is 5.97 Å². The van der Waals surface area contributed by atoms with E-state index >= 15 is 0 Å². The molecular formula is C32H33NO8. The lowest BCUT2D eigenvalue weighted by Gasteiger charge is -2.36. The summed E-state index contributed by atoms with van der Waals surface area (Å²) in [7, 11) is 3.09. The van der Waals surface area contributed by atoms with Crippen LogP contribution in [0.15, 0.2) is 80.5 Å². The Kier molecular flexibility index (Phi) is 8.26. The van der Waals surface area contributed by atoms with Crippen molar-refractivity contribution in [1.29, 1.82) is 0 Å². The van der Waals surface area contributed by atoms with Crippen molar-refractivity contribution >= 4 is 22.7 Å². The summed E-state index contributed by atoms with van der Waals surface area (Å²) >= 11 is 0. The van der Waals surface area contributed by atoms with Gasteiger partial charge in [-0.05, 0) is 56.0 Å². The molecule has 5 rings (SSSR count). The first-order valence-corrected chi connectivity index (χ1v) is 13.6. The normalized spacial score (nSPS) is 18.7. The zero-order valence-corrected chi connectivity index (χ0v) is 23.6. The predicted octanol–water partition coefficient (Wildman–Crippen LogP) is 4.75. The summed E-state index contributed by atoms with van der Waals surface area (Å²) < 4.78 is 27.5. The number of nitrogens with one attached hydrogen (secondary N) is 1. The van der Waals surface area contributed by atoms with Gasteiger partial charge in [-0.15, -0.1) is 0 Å². The van der Waals surface area contributed by atoms with Gasteiger partial charge in [0.05, 0.1) is 43.5 Å².